The van der Waals surface area contributed by atoms with Gasteiger partial charge in [-0.15, -0.1) is 0 Å². The highest BCUT2D eigenvalue weighted by molar-refractivity contribution is 5.98. The van der Waals surface area contributed by atoms with Crippen LogP contribution < -0.4 is 15.2 Å². The number of nitrogens with two attached hydrogens (primary N) is 1. The number of ether oxygens (including phenoxy) is 2. The number of aromatic carboxylic acids is 1. The second kappa shape index (κ2) is 4.89. The van der Waals surface area contributed by atoms with Crippen LogP contribution in [0.3, 0.4) is 0 Å². The van der Waals surface area contributed by atoms with Crippen LogP contribution in [0.1, 0.15) is 10.5 Å². The van der Waals surface area contributed by atoms with Gasteiger partial charge in [0.1, 0.15) is 11.5 Å². The van der Waals surface area contributed by atoms with E-state index in [1.165, 1.54) is 14.2 Å². The van der Waals surface area contributed by atoms with Crippen LogP contribution in [0.25, 0.3) is 11.1 Å². The third-order valence-electron chi connectivity index (χ3n) is 2.69. The van der Waals surface area contributed by atoms with Gasteiger partial charge in [0.15, 0.2) is 11.5 Å². The summed E-state index contributed by atoms with van der Waals surface area (Å²) in [5.74, 6) is 0.00688. The summed E-state index contributed by atoms with van der Waals surface area (Å²) in [5.41, 5.74) is 6.46. The van der Waals surface area contributed by atoms with Crippen molar-refractivity contribution in [3.63, 3.8) is 0 Å². The van der Waals surface area contributed by atoms with Crippen LogP contribution in [0.2, 0.25) is 0 Å². The molecule has 0 atom stereocenters. The molecule has 0 aliphatic rings. The summed E-state index contributed by atoms with van der Waals surface area (Å²) in [5, 5.41) is 15.2. The van der Waals surface area contributed by atoms with E-state index >= 15 is 0 Å². The molecule has 0 bridgehead atoms. The highest BCUT2D eigenvalue weighted by atomic mass is 16.5. The Morgan fingerprint density at radius 1 is 1.37 bits per heavy atom. The number of hydrogen-bond donors (Lipinski definition) is 3. The molecule has 0 saturated carbocycles. The minimum Gasteiger partial charge on any atom is -0.497 e. The van der Waals surface area contributed by atoms with Gasteiger partial charge in [-0.1, -0.05) is 0 Å². The third-order valence-corrected chi connectivity index (χ3v) is 2.69. The average molecular weight is 263 g/mol. The molecule has 0 aliphatic heterocycles. The van der Waals surface area contributed by atoms with Gasteiger partial charge in [0.05, 0.1) is 19.8 Å². The fourth-order valence-corrected chi connectivity index (χ4v) is 1.79. The molecule has 0 saturated heterocycles. The topological polar surface area (TPSA) is 110 Å². The van der Waals surface area contributed by atoms with Crippen molar-refractivity contribution in [3.8, 4) is 22.6 Å². The molecule has 2 rings (SSSR count). The van der Waals surface area contributed by atoms with Gasteiger partial charge in [0.25, 0.3) is 0 Å². The van der Waals surface area contributed by atoms with E-state index < -0.39 is 5.97 Å². The Labute approximate surface area is 109 Å². The molecule has 2 aromatic rings. The molecule has 0 unspecified atom stereocenters. The maximum absolute atomic E-state index is 11.1. The summed E-state index contributed by atoms with van der Waals surface area (Å²) in [6.45, 7) is 0. The van der Waals surface area contributed by atoms with E-state index in [2.05, 4.69) is 10.2 Å². The average Bonchev–Trinajstić information content (AvgIpc) is 2.80. The minimum absolute atomic E-state index is 0.0824. The van der Waals surface area contributed by atoms with Crippen molar-refractivity contribution in [2.24, 2.45) is 0 Å². The summed E-state index contributed by atoms with van der Waals surface area (Å²) in [4.78, 5) is 11.1. The van der Waals surface area contributed by atoms with Crippen LogP contribution in [-0.2, 0) is 0 Å². The molecular formula is C12H13N3O4. The Bertz CT molecular complexity index is 621. The van der Waals surface area contributed by atoms with Crippen LogP contribution >= 0.6 is 0 Å². The van der Waals surface area contributed by atoms with Crippen LogP contribution in [-0.4, -0.2) is 35.5 Å². The lowest BCUT2D eigenvalue weighted by atomic mass is 10.0. The minimum atomic E-state index is -1.14. The van der Waals surface area contributed by atoms with Gasteiger partial charge in [-0.25, -0.2) is 4.79 Å². The molecule has 7 nitrogen and oxygen atoms in total. The first-order valence-corrected chi connectivity index (χ1v) is 5.38. The number of nitrogens with one attached hydrogen (secondary N) is 1. The maximum atomic E-state index is 11.1. The number of aromatic nitrogens is 2. The smallest absolute Gasteiger partial charge is 0.354 e. The van der Waals surface area contributed by atoms with Crippen LogP contribution in [0, 0.1) is 0 Å². The zero-order valence-corrected chi connectivity index (χ0v) is 10.4. The molecule has 1 heterocycles. The van der Waals surface area contributed by atoms with E-state index in [0.29, 0.717) is 22.6 Å². The number of benzene rings is 1. The molecule has 0 amide bonds. The van der Waals surface area contributed by atoms with Crippen LogP contribution in [0.5, 0.6) is 11.5 Å². The Balaban J connectivity index is 2.65. The van der Waals surface area contributed by atoms with E-state index in [0.717, 1.165) is 0 Å². The largest absolute Gasteiger partial charge is 0.497 e. The summed E-state index contributed by atoms with van der Waals surface area (Å²) < 4.78 is 10.3. The summed E-state index contributed by atoms with van der Waals surface area (Å²) >= 11 is 0. The fourth-order valence-electron chi connectivity index (χ4n) is 1.79. The van der Waals surface area contributed by atoms with Gasteiger partial charge in [0, 0.05) is 11.6 Å². The zero-order valence-electron chi connectivity index (χ0n) is 10.4. The van der Waals surface area contributed by atoms with Crippen LogP contribution in [0.4, 0.5) is 5.82 Å². The normalized spacial score (nSPS) is 10.2. The van der Waals surface area contributed by atoms with Gasteiger partial charge in [-0.2, -0.15) is 5.10 Å². The van der Waals surface area contributed by atoms with Crippen molar-refractivity contribution in [3.05, 3.63) is 23.9 Å². The lowest BCUT2D eigenvalue weighted by Gasteiger charge is -2.10. The molecule has 19 heavy (non-hydrogen) atoms. The maximum Gasteiger partial charge on any atom is 0.354 e. The number of carboxylic acid groups (broad SMARTS) is 1. The number of aromatic amines is 1. The predicted octanol–water partition coefficient (Wildman–Crippen LogP) is 1.37. The van der Waals surface area contributed by atoms with Crippen molar-refractivity contribution in [2.45, 2.75) is 0 Å². The Hall–Kier alpha value is -2.70. The van der Waals surface area contributed by atoms with Gasteiger partial charge in [-0.05, 0) is 12.1 Å². The Kier molecular flexibility index (Phi) is 3.28. The number of anilines is 1. The second-order valence-electron chi connectivity index (χ2n) is 3.73. The molecule has 7 heteroatoms. The van der Waals surface area contributed by atoms with Crippen molar-refractivity contribution >= 4 is 11.8 Å². The predicted molar refractivity (Wildman–Crippen MR) is 68.5 cm³/mol. The number of rotatable bonds is 4. The van der Waals surface area contributed by atoms with E-state index in [1.807, 2.05) is 0 Å². The van der Waals surface area contributed by atoms with E-state index in [-0.39, 0.29) is 11.5 Å². The van der Waals surface area contributed by atoms with Crippen molar-refractivity contribution in [2.75, 3.05) is 20.0 Å². The summed E-state index contributed by atoms with van der Waals surface area (Å²) in [7, 11) is 3.01. The number of carboxylic acids is 1. The Morgan fingerprint density at radius 3 is 2.68 bits per heavy atom. The fraction of sp³-hybridized carbons (Fsp3) is 0.167. The van der Waals surface area contributed by atoms with Gasteiger partial charge in [-0.3, -0.25) is 5.10 Å². The molecular weight excluding hydrogens is 250 g/mol. The van der Waals surface area contributed by atoms with Crippen LogP contribution in [0.15, 0.2) is 18.2 Å². The molecule has 0 radical (unpaired) electrons. The molecule has 4 N–H and O–H groups in total. The number of H-pyrrole nitrogens is 1. The third kappa shape index (κ3) is 2.17. The monoisotopic (exact) mass is 263 g/mol. The van der Waals surface area contributed by atoms with E-state index in [4.69, 9.17) is 20.3 Å². The highest BCUT2D eigenvalue weighted by Gasteiger charge is 2.21. The van der Waals surface area contributed by atoms with E-state index in [1.54, 1.807) is 18.2 Å². The SMILES string of the molecule is COc1ccc(-c2c(N)n[nH]c2C(=O)O)c(OC)c1. The first-order valence-electron chi connectivity index (χ1n) is 5.38. The first kappa shape index (κ1) is 12.7. The highest BCUT2D eigenvalue weighted by Crippen LogP contribution is 2.37. The summed E-state index contributed by atoms with van der Waals surface area (Å²) in [6.07, 6.45) is 0. The molecule has 1 aromatic carbocycles. The number of nitrogen functional groups attached to an aromatic ring is 1. The molecule has 100 valence electrons. The Morgan fingerprint density at radius 2 is 2.11 bits per heavy atom. The lowest BCUT2D eigenvalue weighted by molar-refractivity contribution is 0.0691. The molecule has 1 aromatic heterocycles. The molecule has 0 spiro atoms. The number of nitrogens with zero attached hydrogens (tertiary/aromatic N) is 1. The zero-order chi connectivity index (χ0) is 14.0. The van der Waals surface area contributed by atoms with Gasteiger partial charge in [0.2, 0.25) is 0 Å². The number of carbonyl (C=O) groups is 1. The number of methoxy groups -OCH3 is 2. The summed E-state index contributed by atoms with van der Waals surface area (Å²) in [6, 6.07) is 5.01. The lowest BCUT2D eigenvalue weighted by Crippen LogP contribution is -2.01. The van der Waals surface area contributed by atoms with Crippen molar-refractivity contribution < 1.29 is 19.4 Å². The second-order valence-corrected chi connectivity index (χ2v) is 3.73. The first-order chi connectivity index (χ1) is 9.08. The van der Waals surface area contributed by atoms with Crippen molar-refractivity contribution in [1.29, 1.82) is 0 Å². The van der Waals surface area contributed by atoms with Gasteiger partial charge >= 0.3 is 5.97 Å². The van der Waals surface area contributed by atoms with E-state index in [9.17, 15) is 4.79 Å². The van der Waals surface area contributed by atoms with Crippen molar-refractivity contribution in [1.82, 2.24) is 10.2 Å². The number of hydrogen-bond acceptors (Lipinski definition) is 5. The van der Waals surface area contributed by atoms with Gasteiger partial charge < -0.3 is 20.3 Å². The standard InChI is InChI=1S/C12H13N3O4/c1-18-6-3-4-7(8(5-6)19-2)9-10(12(16)17)14-15-11(9)13/h3-5H,1-2H3,(H,16,17)(H3,13,14,15). The molecule has 0 aliphatic carbocycles. The quantitative estimate of drug-likeness (QED) is 0.768. The molecule has 0 fully saturated rings.